The molecule has 0 saturated heterocycles. The molecule has 4 nitrogen and oxygen atoms in total. The van der Waals surface area contributed by atoms with Crippen molar-refractivity contribution >= 4 is 0 Å². The molecule has 4 aromatic rings. The number of phenolic OH excluding ortho intramolecular Hbond substituents is 2. The highest BCUT2D eigenvalue weighted by atomic mass is 16.5. The smallest absolute Gasteiger partial charge is 0.119 e. The molecule has 0 unspecified atom stereocenters. The van der Waals surface area contributed by atoms with E-state index in [2.05, 4.69) is 24.3 Å². The summed E-state index contributed by atoms with van der Waals surface area (Å²) in [5.74, 6) is 2.51. The molecule has 0 fully saturated rings. The fourth-order valence-corrected chi connectivity index (χ4v) is 5.37. The van der Waals surface area contributed by atoms with E-state index in [0.717, 1.165) is 23.5 Å². The normalized spacial score (nSPS) is 19.3. The minimum absolute atomic E-state index is 0.0566. The molecule has 0 saturated carbocycles. The summed E-state index contributed by atoms with van der Waals surface area (Å²) >= 11 is 0. The van der Waals surface area contributed by atoms with Gasteiger partial charge in [0.1, 0.15) is 23.0 Å². The van der Waals surface area contributed by atoms with Crippen molar-refractivity contribution in [1.82, 2.24) is 0 Å². The molecular formula is C30H28O4. The van der Waals surface area contributed by atoms with E-state index in [0.29, 0.717) is 0 Å². The molecule has 0 radical (unpaired) electrons. The molecule has 2 N–H and O–H groups in total. The van der Waals surface area contributed by atoms with E-state index >= 15 is 0 Å². The van der Waals surface area contributed by atoms with Gasteiger partial charge in [-0.25, -0.2) is 0 Å². The number of hydrogen-bond acceptors (Lipinski definition) is 4. The number of hydrogen-bond donors (Lipinski definition) is 2. The van der Waals surface area contributed by atoms with E-state index in [-0.39, 0.29) is 29.3 Å². The van der Waals surface area contributed by atoms with Crippen LogP contribution in [0.15, 0.2) is 91.0 Å². The second-order valence-electron chi connectivity index (χ2n) is 8.84. The lowest BCUT2D eigenvalue weighted by Crippen LogP contribution is -2.28. The van der Waals surface area contributed by atoms with Crippen LogP contribution >= 0.6 is 0 Å². The summed E-state index contributed by atoms with van der Waals surface area (Å²) < 4.78 is 11.1. The van der Waals surface area contributed by atoms with Crippen LogP contribution in [0.4, 0.5) is 0 Å². The number of phenols is 2. The molecule has 5 rings (SSSR count). The van der Waals surface area contributed by atoms with Gasteiger partial charge in [0, 0.05) is 11.8 Å². The van der Waals surface area contributed by atoms with E-state index in [1.54, 1.807) is 38.5 Å². The van der Waals surface area contributed by atoms with Crippen LogP contribution in [0.2, 0.25) is 0 Å². The Kier molecular flexibility index (Phi) is 5.89. The molecule has 0 bridgehead atoms. The van der Waals surface area contributed by atoms with Crippen molar-refractivity contribution in [2.45, 2.75) is 24.2 Å². The number of methoxy groups -OCH3 is 2. The van der Waals surface area contributed by atoms with Crippen LogP contribution in [-0.2, 0) is 6.42 Å². The summed E-state index contributed by atoms with van der Waals surface area (Å²) in [5, 5.41) is 19.9. The molecule has 4 aromatic carbocycles. The first-order chi connectivity index (χ1) is 16.6. The predicted molar refractivity (Wildman–Crippen MR) is 133 cm³/mol. The molecule has 1 aliphatic rings. The van der Waals surface area contributed by atoms with Crippen LogP contribution in [0.1, 0.15) is 45.6 Å². The number of aromatic hydroxyl groups is 2. The zero-order valence-electron chi connectivity index (χ0n) is 19.3. The van der Waals surface area contributed by atoms with Gasteiger partial charge in [-0.15, -0.1) is 0 Å². The number of rotatable bonds is 5. The number of benzene rings is 4. The minimum atomic E-state index is 0.0566. The standard InChI is InChI=1S/C30H28O4/c1-33-25-5-3-4-21(16-25)30-28(19-6-10-23(31)11-7-19)18-22-17-26(34-2)14-15-27(22)29(30)20-8-12-24(32)13-9-20/h3-17,28-32H,18H2,1-2H3/t28-,29-,30-/m1/s1. The Morgan fingerprint density at radius 3 is 1.91 bits per heavy atom. The quantitative estimate of drug-likeness (QED) is 0.369. The van der Waals surface area contributed by atoms with E-state index in [1.807, 2.05) is 42.5 Å². The van der Waals surface area contributed by atoms with Gasteiger partial charge >= 0.3 is 0 Å². The summed E-state index contributed by atoms with van der Waals surface area (Å²) in [7, 11) is 3.38. The van der Waals surface area contributed by atoms with Crippen LogP contribution < -0.4 is 9.47 Å². The Morgan fingerprint density at radius 1 is 0.647 bits per heavy atom. The molecular weight excluding hydrogens is 424 g/mol. The SMILES string of the molecule is COc1cccc([C@H]2[C@H](c3ccc(O)cc3)c3ccc(OC)cc3C[C@@H]2c2ccc(O)cc2)c1. The lowest BCUT2D eigenvalue weighted by molar-refractivity contribution is 0.406. The third kappa shape index (κ3) is 4.08. The molecule has 0 spiro atoms. The van der Waals surface area contributed by atoms with Crippen molar-refractivity contribution < 1.29 is 19.7 Å². The Bertz CT molecular complexity index is 1280. The number of fused-ring (bicyclic) bond motifs is 1. The van der Waals surface area contributed by atoms with E-state index in [1.165, 1.54) is 22.3 Å². The van der Waals surface area contributed by atoms with E-state index < -0.39 is 0 Å². The van der Waals surface area contributed by atoms with Crippen molar-refractivity contribution in [1.29, 1.82) is 0 Å². The van der Waals surface area contributed by atoms with Gasteiger partial charge in [-0.1, -0.05) is 42.5 Å². The zero-order valence-corrected chi connectivity index (χ0v) is 19.3. The van der Waals surface area contributed by atoms with Crippen molar-refractivity contribution in [2.75, 3.05) is 14.2 Å². The largest absolute Gasteiger partial charge is 0.508 e. The monoisotopic (exact) mass is 452 g/mol. The highest BCUT2D eigenvalue weighted by Gasteiger charge is 2.39. The van der Waals surface area contributed by atoms with Crippen LogP contribution in [0.3, 0.4) is 0 Å². The zero-order chi connectivity index (χ0) is 23.7. The molecule has 0 amide bonds. The fraction of sp³-hybridized carbons (Fsp3) is 0.200. The fourth-order valence-electron chi connectivity index (χ4n) is 5.37. The van der Waals surface area contributed by atoms with Gasteiger partial charge in [-0.3, -0.25) is 0 Å². The van der Waals surface area contributed by atoms with Crippen molar-refractivity contribution in [3.63, 3.8) is 0 Å². The van der Waals surface area contributed by atoms with Gasteiger partial charge in [0.15, 0.2) is 0 Å². The summed E-state index contributed by atoms with van der Waals surface area (Å²) in [6, 6.07) is 29.7. The molecule has 0 aliphatic heterocycles. The van der Waals surface area contributed by atoms with Crippen LogP contribution in [0.5, 0.6) is 23.0 Å². The van der Waals surface area contributed by atoms with Crippen molar-refractivity contribution in [2.24, 2.45) is 0 Å². The van der Waals surface area contributed by atoms with Gasteiger partial charge < -0.3 is 19.7 Å². The second-order valence-corrected chi connectivity index (χ2v) is 8.84. The van der Waals surface area contributed by atoms with Crippen LogP contribution in [0, 0.1) is 0 Å². The Morgan fingerprint density at radius 2 is 1.26 bits per heavy atom. The van der Waals surface area contributed by atoms with Gasteiger partial charge in [-0.05, 0) is 88.7 Å². The molecule has 34 heavy (non-hydrogen) atoms. The summed E-state index contributed by atoms with van der Waals surface area (Å²) in [5.41, 5.74) is 6.00. The second kappa shape index (κ2) is 9.14. The van der Waals surface area contributed by atoms with Gasteiger partial charge in [0.05, 0.1) is 14.2 Å². The average Bonchev–Trinajstić information content (AvgIpc) is 2.88. The Labute approximate surface area is 200 Å². The third-order valence-corrected chi connectivity index (χ3v) is 6.97. The molecule has 1 aliphatic carbocycles. The van der Waals surface area contributed by atoms with Gasteiger partial charge in [-0.2, -0.15) is 0 Å². The first kappa shape index (κ1) is 21.9. The molecule has 4 heteroatoms. The average molecular weight is 453 g/mol. The molecule has 3 atom stereocenters. The first-order valence-corrected chi connectivity index (χ1v) is 11.5. The first-order valence-electron chi connectivity index (χ1n) is 11.5. The third-order valence-electron chi connectivity index (χ3n) is 6.97. The van der Waals surface area contributed by atoms with Gasteiger partial charge in [0.25, 0.3) is 0 Å². The van der Waals surface area contributed by atoms with E-state index in [4.69, 9.17) is 9.47 Å². The maximum absolute atomic E-state index is 9.97. The van der Waals surface area contributed by atoms with Crippen LogP contribution in [0.25, 0.3) is 0 Å². The maximum Gasteiger partial charge on any atom is 0.119 e. The van der Waals surface area contributed by atoms with Crippen LogP contribution in [-0.4, -0.2) is 24.4 Å². The molecule has 172 valence electrons. The number of ether oxygens (including phenoxy) is 2. The van der Waals surface area contributed by atoms with Crippen molar-refractivity contribution in [3.05, 3.63) is 119 Å². The van der Waals surface area contributed by atoms with Gasteiger partial charge in [0.2, 0.25) is 0 Å². The minimum Gasteiger partial charge on any atom is -0.508 e. The maximum atomic E-state index is 9.97. The molecule has 0 heterocycles. The summed E-state index contributed by atoms with van der Waals surface area (Å²) in [4.78, 5) is 0. The lowest BCUT2D eigenvalue weighted by atomic mass is 9.62. The van der Waals surface area contributed by atoms with Crippen molar-refractivity contribution in [3.8, 4) is 23.0 Å². The lowest BCUT2D eigenvalue weighted by Gasteiger charge is -2.41. The Hall–Kier alpha value is -3.92. The summed E-state index contributed by atoms with van der Waals surface area (Å²) in [6.07, 6.45) is 0.841. The topological polar surface area (TPSA) is 58.9 Å². The summed E-state index contributed by atoms with van der Waals surface area (Å²) in [6.45, 7) is 0. The predicted octanol–water partition coefficient (Wildman–Crippen LogP) is 6.37. The molecule has 0 aromatic heterocycles. The highest BCUT2D eigenvalue weighted by molar-refractivity contribution is 5.52. The Balaban J connectivity index is 1.75. The highest BCUT2D eigenvalue weighted by Crippen LogP contribution is 2.53. The van der Waals surface area contributed by atoms with E-state index in [9.17, 15) is 10.2 Å².